The molecule has 2 N–H and O–H groups in total. The first-order valence-corrected chi connectivity index (χ1v) is 18.4. The van der Waals surface area contributed by atoms with Gasteiger partial charge < -0.3 is 15.3 Å². The normalized spacial score (nSPS) is 23.2. The SMILES string of the molecule is CCC1CCC(C2CC=C(c3cnc(-c4ccc(C[C@H](NC(=O)c5ccc(C6CC6)cc5)C(=O)N5CC(C(=O)O)C5)cc4)nc3)CC2)CC1. The van der Waals surface area contributed by atoms with E-state index in [9.17, 15) is 19.5 Å². The third-order valence-corrected chi connectivity index (χ3v) is 11.6. The predicted octanol–water partition coefficient (Wildman–Crippen LogP) is 7.31. The van der Waals surface area contributed by atoms with E-state index in [4.69, 9.17) is 9.97 Å². The van der Waals surface area contributed by atoms with Crippen LogP contribution in [0.15, 0.2) is 67.0 Å². The van der Waals surface area contributed by atoms with Crippen molar-refractivity contribution in [3.8, 4) is 11.4 Å². The molecular formula is C41H48N4O4. The summed E-state index contributed by atoms with van der Waals surface area (Å²) in [4.78, 5) is 49.0. The number of allylic oxidation sites excluding steroid dienone is 2. The van der Waals surface area contributed by atoms with Crippen LogP contribution in [0.2, 0.25) is 0 Å². The molecule has 3 aromatic rings. The van der Waals surface area contributed by atoms with Gasteiger partial charge in [-0.2, -0.15) is 0 Å². The lowest BCUT2D eigenvalue weighted by Gasteiger charge is -2.39. The van der Waals surface area contributed by atoms with E-state index < -0.39 is 17.9 Å². The van der Waals surface area contributed by atoms with Crippen LogP contribution in [-0.2, 0) is 16.0 Å². The molecular weight excluding hydrogens is 612 g/mol. The zero-order chi connectivity index (χ0) is 33.9. The van der Waals surface area contributed by atoms with Gasteiger partial charge in [-0.15, -0.1) is 0 Å². The summed E-state index contributed by atoms with van der Waals surface area (Å²) in [7, 11) is 0. The Labute approximate surface area is 289 Å². The fourth-order valence-corrected chi connectivity index (χ4v) is 8.08. The summed E-state index contributed by atoms with van der Waals surface area (Å²) in [5.41, 5.74) is 5.96. The number of carbonyl (C=O) groups excluding carboxylic acids is 2. The van der Waals surface area contributed by atoms with Crippen LogP contribution in [0.3, 0.4) is 0 Å². The quantitative estimate of drug-likeness (QED) is 0.223. The van der Waals surface area contributed by atoms with Crippen molar-refractivity contribution < 1.29 is 19.5 Å². The molecule has 1 aromatic heterocycles. The lowest BCUT2D eigenvalue weighted by molar-refractivity contribution is -0.153. The number of hydrogen-bond donors (Lipinski definition) is 2. The first kappa shape index (κ1) is 33.2. The summed E-state index contributed by atoms with van der Waals surface area (Å²) in [5, 5.41) is 12.3. The molecule has 2 heterocycles. The van der Waals surface area contributed by atoms with Crippen LogP contribution >= 0.6 is 0 Å². The molecule has 2 atom stereocenters. The molecule has 0 bridgehead atoms. The van der Waals surface area contributed by atoms with Gasteiger partial charge in [0.05, 0.1) is 5.92 Å². The van der Waals surface area contributed by atoms with Crippen molar-refractivity contribution in [3.05, 3.63) is 89.3 Å². The van der Waals surface area contributed by atoms with Crippen LogP contribution in [0.1, 0.15) is 104 Å². The van der Waals surface area contributed by atoms with E-state index in [0.29, 0.717) is 17.3 Å². The predicted molar refractivity (Wildman–Crippen MR) is 190 cm³/mol. The fraction of sp³-hybridized carbons (Fsp3) is 0.488. The van der Waals surface area contributed by atoms with Crippen LogP contribution in [-0.4, -0.2) is 56.9 Å². The second-order valence-electron chi connectivity index (χ2n) is 14.8. The second kappa shape index (κ2) is 14.7. The Morgan fingerprint density at radius 2 is 1.55 bits per heavy atom. The number of hydrogen-bond acceptors (Lipinski definition) is 5. The van der Waals surface area contributed by atoms with E-state index in [1.165, 1.54) is 67.4 Å². The molecule has 3 aliphatic carbocycles. The molecule has 8 nitrogen and oxygen atoms in total. The molecule has 256 valence electrons. The summed E-state index contributed by atoms with van der Waals surface area (Å²) in [6, 6.07) is 14.6. The van der Waals surface area contributed by atoms with Gasteiger partial charge in [0.2, 0.25) is 5.91 Å². The standard InChI is InChI=1S/C41H48N4O4/c1-2-26-3-7-28(8-4-26)29-13-15-32(16-14-29)35-22-42-38(43-23-35)33-9-5-27(6-10-33)21-37(40(47)45-24-36(25-45)41(48)49)44-39(46)34-19-17-31(18-20-34)30-11-12-30/h5-6,9-10,15,17-20,22-23,26,28-30,36-37H,2-4,7-8,11-14,16,21,24-25H2,1H3,(H,44,46)(H,48,49)/t26?,28?,29?,37-/m0/s1. The third-order valence-electron chi connectivity index (χ3n) is 11.6. The van der Waals surface area contributed by atoms with Gasteiger partial charge in [0, 0.05) is 48.6 Å². The maximum Gasteiger partial charge on any atom is 0.310 e. The molecule has 0 spiro atoms. The number of rotatable bonds is 11. The molecule has 1 saturated heterocycles. The highest BCUT2D eigenvalue weighted by atomic mass is 16.4. The Bertz CT molecular complexity index is 1670. The van der Waals surface area contributed by atoms with E-state index in [1.807, 2.05) is 60.9 Å². The van der Waals surface area contributed by atoms with Crippen LogP contribution < -0.4 is 5.32 Å². The summed E-state index contributed by atoms with van der Waals surface area (Å²) >= 11 is 0. The number of likely N-dealkylation sites (tertiary alicyclic amines) is 1. The first-order valence-electron chi connectivity index (χ1n) is 18.4. The van der Waals surface area contributed by atoms with Crippen molar-refractivity contribution in [3.63, 3.8) is 0 Å². The highest BCUT2D eigenvalue weighted by Gasteiger charge is 2.39. The summed E-state index contributed by atoms with van der Waals surface area (Å²) in [6.07, 6.45) is 19.4. The number of benzene rings is 2. The molecule has 2 saturated carbocycles. The smallest absolute Gasteiger partial charge is 0.310 e. The van der Waals surface area contributed by atoms with Crippen molar-refractivity contribution >= 4 is 23.4 Å². The van der Waals surface area contributed by atoms with Gasteiger partial charge in [-0.25, -0.2) is 9.97 Å². The number of nitrogens with zero attached hydrogens (tertiary/aromatic N) is 3. The molecule has 3 fully saturated rings. The lowest BCUT2D eigenvalue weighted by atomic mass is 9.71. The maximum atomic E-state index is 13.5. The highest BCUT2D eigenvalue weighted by molar-refractivity contribution is 5.98. The summed E-state index contributed by atoms with van der Waals surface area (Å²) < 4.78 is 0. The van der Waals surface area contributed by atoms with E-state index in [0.717, 1.165) is 47.3 Å². The van der Waals surface area contributed by atoms with Crippen LogP contribution in [0, 0.1) is 23.7 Å². The monoisotopic (exact) mass is 660 g/mol. The number of aliphatic carboxylic acids is 1. The van der Waals surface area contributed by atoms with Crippen molar-refractivity contribution in [1.82, 2.24) is 20.2 Å². The Kier molecular flexibility index (Phi) is 9.92. The minimum Gasteiger partial charge on any atom is -0.481 e. The Morgan fingerprint density at radius 3 is 2.14 bits per heavy atom. The molecule has 8 heteroatoms. The fourth-order valence-electron chi connectivity index (χ4n) is 8.08. The molecule has 7 rings (SSSR count). The average molecular weight is 661 g/mol. The number of aromatic nitrogens is 2. The number of amides is 2. The Morgan fingerprint density at radius 1 is 0.857 bits per heavy atom. The number of carboxylic acid groups (broad SMARTS) is 1. The third kappa shape index (κ3) is 7.79. The summed E-state index contributed by atoms with van der Waals surface area (Å²) in [5.74, 6) is 1.82. The molecule has 2 amide bonds. The van der Waals surface area contributed by atoms with Crippen molar-refractivity contribution in [2.24, 2.45) is 23.7 Å². The van der Waals surface area contributed by atoms with Gasteiger partial charge in [-0.05, 0) is 97.5 Å². The topological polar surface area (TPSA) is 112 Å². The van der Waals surface area contributed by atoms with Gasteiger partial charge in [-0.3, -0.25) is 14.4 Å². The number of carbonyl (C=O) groups is 3. The number of carboxylic acids is 1. The Hall–Kier alpha value is -4.33. The average Bonchev–Trinajstić information content (AvgIpc) is 3.97. The van der Waals surface area contributed by atoms with Crippen molar-refractivity contribution in [1.29, 1.82) is 0 Å². The maximum absolute atomic E-state index is 13.5. The van der Waals surface area contributed by atoms with Crippen molar-refractivity contribution in [2.75, 3.05) is 13.1 Å². The first-order chi connectivity index (χ1) is 23.8. The second-order valence-corrected chi connectivity index (χ2v) is 14.8. The van der Waals surface area contributed by atoms with E-state index in [2.05, 4.69) is 18.3 Å². The largest absolute Gasteiger partial charge is 0.481 e. The highest BCUT2D eigenvalue weighted by Crippen LogP contribution is 2.42. The van der Waals surface area contributed by atoms with E-state index in [1.54, 1.807) is 0 Å². The van der Waals surface area contributed by atoms with Gasteiger partial charge in [0.15, 0.2) is 5.82 Å². The van der Waals surface area contributed by atoms with Gasteiger partial charge >= 0.3 is 5.97 Å². The van der Waals surface area contributed by atoms with Gasteiger partial charge in [0.1, 0.15) is 6.04 Å². The zero-order valence-electron chi connectivity index (χ0n) is 28.5. The summed E-state index contributed by atoms with van der Waals surface area (Å²) in [6.45, 7) is 2.64. The van der Waals surface area contributed by atoms with Crippen LogP contribution in [0.4, 0.5) is 0 Å². The van der Waals surface area contributed by atoms with Crippen molar-refractivity contribution in [2.45, 2.75) is 89.5 Å². The molecule has 0 radical (unpaired) electrons. The van der Waals surface area contributed by atoms with Gasteiger partial charge in [0.25, 0.3) is 5.91 Å². The van der Waals surface area contributed by atoms with Crippen LogP contribution in [0.25, 0.3) is 17.0 Å². The minimum absolute atomic E-state index is 0.153. The Balaban J connectivity index is 0.981. The zero-order valence-corrected chi connectivity index (χ0v) is 28.5. The molecule has 2 aromatic carbocycles. The lowest BCUT2D eigenvalue weighted by Crippen LogP contribution is -2.59. The minimum atomic E-state index is -0.907. The molecule has 4 aliphatic rings. The molecule has 49 heavy (non-hydrogen) atoms. The van der Waals surface area contributed by atoms with Crippen LogP contribution in [0.5, 0.6) is 0 Å². The van der Waals surface area contributed by atoms with E-state index >= 15 is 0 Å². The van der Waals surface area contributed by atoms with E-state index in [-0.39, 0.29) is 31.3 Å². The molecule has 1 aliphatic heterocycles. The molecule has 1 unspecified atom stereocenters. The van der Waals surface area contributed by atoms with Gasteiger partial charge in [-0.1, -0.05) is 68.7 Å². The number of nitrogens with one attached hydrogen (secondary N) is 1.